The van der Waals surface area contributed by atoms with Crippen LogP contribution in [0.1, 0.15) is 51.5 Å². The maximum Gasteiger partial charge on any atom is 0.306 e. The standard InChI is InChI=1S/C17H26O4/c1-4-13(2)7-5-6-8-17(19)21-12-14-9-10-15(18)16(11-14)20-3/h9-11,13,18H,4-8,12H2,1-3H3. The second-order valence-electron chi connectivity index (χ2n) is 5.43. The Bertz CT molecular complexity index is 442. The number of unbranched alkanes of at least 4 members (excludes halogenated alkanes) is 1. The van der Waals surface area contributed by atoms with E-state index in [0.717, 1.165) is 24.3 Å². The first kappa shape index (κ1) is 17.3. The Morgan fingerprint density at radius 1 is 1.33 bits per heavy atom. The number of carbonyl (C=O) groups is 1. The minimum atomic E-state index is -0.175. The van der Waals surface area contributed by atoms with Crippen molar-refractivity contribution in [2.75, 3.05) is 7.11 Å². The van der Waals surface area contributed by atoms with Gasteiger partial charge in [-0.25, -0.2) is 0 Å². The fraction of sp³-hybridized carbons (Fsp3) is 0.588. The van der Waals surface area contributed by atoms with Crippen molar-refractivity contribution in [1.82, 2.24) is 0 Å². The third-order valence-corrected chi connectivity index (χ3v) is 3.67. The number of esters is 1. The Morgan fingerprint density at radius 3 is 2.76 bits per heavy atom. The summed E-state index contributed by atoms with van der Waals surface area (Å²) in [6.45, 7) is 4.63. The molecular weight excluding hydrogens is 268 g/mol. The monoisotopic (exact) mass is 294 g/mol. The van der Waals surface area contributed by atoms with Crippen molar-refractivity contribution in [1.29, 1.82) is 0 Å². The lowest BCUT2D eigenvalue weighted by Crippen LogP contribution is -2.05. The van der Waals surface area contributed by atoms with Crippen LogP contribution in [0.2, 0.25) is 0 Å². The highest BCUT2D eigenvalue weighted by molar-refractivity contribution is 5.69. The molecule has 0 saturated heterocycles. The molecule has 0 heterocycles. The van der Waals surface area contributed by atoms with E-state index in [2.05, 4.69) is 13.8 Å². The fourth-order valence-corrected chi connectivity index (χ4v) is 2.01. The molecule has 118 valence electrons. The highest BCUT2D eigenvalue weighted by atomic mass is 16.5. The first-order chi connectivity index (χ1) is 10.1. The Kier molecular flexibility index (Phi) is 7.65. The third kappa shape index (κ3) is 6.52. The van der Waals surface area contributed by atoms with E-state index in [-0.39, 0.29) is 18.3 Å². The van der Waals surface area contributed by atoms with Gasteiger partial charge in [0.05, 0.1) is 7.11 Å². The largest absolute Gasteiger partial charge is 0.504 e. The molecule has 0 bridgehead atoms. The summed E-state index contributed by atoms with van der Waals surface area (Å²) in [5.74, 6) is 1.02. The number of benzene rings is 1. The Hall–Kier alpha value is -1.71. The molecule has 21 heavy (non-hydrogen) atoms. The summed E-state index contributed by atoms with van der Waals surface area (Å²) in [5.41, 5.74) is 0.803. The molecule has 0 spiro atoms. The van der Waals surface area contributed by atoms with Gasteiger partial charge in [-0.1, -0.05) is 39.2 Å². The van der Waals surface area contributed by atoms with Gasteiger partial charge in [-0.2, -0.15) is 0 Å². The summed E-state index contributed by atoms with van der Waals surface area (Å²) in [5, 5.41) is 9.49. The van der Waals surface area contributed by atoms with Crippen LogP contribution in [0.5, 0.6) is 11.5 Å². The molecule has 1 N–H and O–H groups in total. The highest BCUT2D eigenvalue weighted by Crippen LogP contribution is 2.26. The molecule has 1 aromatic rings. The maximum absolute atomic E-state index is 11.6. The van der Waals surface area contributed by atoms with Gasteiger partial charge < -0.3 is 14.6 Å². The van der Waals surface area contributed by atoms with E-state index in [9.17, 15) is 9.90 Å². The molecule has 4 heteroatoms. The summed E-state index contributed by atoms with van der Waals surface area (Å²) >= 11 is 0. The van der Waals surface area contributed by atoms with Gasteiger partial charge in [0.2, 0.25) is 0 Å². The Morgan fingerprint density at radius 2 is 2.10 bits per heavy atom. The quantitative estimate of drug-likeness (QED) is 0.551. The molecule has 1 atom stereocenters. The maximum atomic E-state index is 11.6. The van der Waals surface area contributed by atoms with E-state index < -0.39 is 0 Å². The van der Waals surface area contributed by atoms with Crippen molar-refractivity contribution in [3.8, 4) is 11.5 Å². The number of ether oxygens (including phenoxy) is 2. The number of hydrogen-bond donors (Lipinski definition) is 1. The van der Waals surface area contributed by atoms with Crippen molar-refractivity contribution in [3.63, 3.8) is 0 Å². The topological polar surface area (TPSA) is 55.8 Å². The summed E-state index contributed by atoms with van der Waals surface area (Å²) in [6, 6.07) is 4.92. The molecule has 1 aromatic carbocycles. The van der Waals surface area contributed by atoms with Crippen LogP contribution in [0.4, 0.5) is 0 Å². The molecule has 1 unspecified atom stereocenters. The van der Waals surface area contributed by atoms with Gasteiger partial charge in [-0.15, -0.1) is 0 Å². The minimum absolute atomic E-state index is 0.0811. The van der Waals surface area contributed by atoms with Crippen molar-refractivity contribution in [2.24, 2.45) is 5.92 Å². The first-order valence-electron chi connectivity index (χ1n) is 7.58. The molecule has 1 rings (SSSR count). The molecule has 0 amide bonds. The van der Waals surface area contributed by atoms with Gasteiger partial charge in [0.25, 0.3) is 0 Å². The van der Waals surface area contributed by atoms with Crippen LogP contribution in [0.15, 0.2) is 18.2 Å². The van der Waals surface area contributed by atoms with Crippen molar-refractivity contribution in [3.05, 3.63) is 23.8 Å². The van der Waals surface area contributed by atoms with E-state index in [1.54, 1.807) is 12.1 Å². The van der Waals surface area contributed by atoms with Crippen LogP contribution in [0.3, 0.4) is 0 Å². The highest BCUT2D eigenvalue weighted by Gasteiger charge is 2.07. The predicted octanol–water partition coefficient (Wildman–Crippen LogP) is 4.05. The molecule has 0 aliphatic rings. The smallest absolute Gasteiger partial charge is 0.306 e. The lowest BCUT2D eigenvalue weighted by molar-refractivity contribution is -0.145. The normalized spacial score (nSPS) is 12.0. The number of hydrogen-bond acceptors (Lipinski definition) is 4. The second kappa shape index (κ2) is 9.27. The number of phenols is 1. The van der Waals surface area contributed by atoms with Gasteiger partial charge >= 0.3 is 5.97 Å². The van der Waals surface area contributed by atoms with Crippen molar-refractivity contribution >= 4 is 5.97 Å². The van der Waals surface area contributed by atoms with E-state index in [1.807, 2.05) is 0 Å². The van der Waals surface area contributed by atoms with Crippen molar-refractivity contribution < 1.29 is 19.4 Å². The summed E-state index contributed by atoms with van der Waals surface area (Å²) in [4.78, 5) is 11.6. The second-order valence-corrected chi connectivity index (χ2v) is 5.43. The molecule has 0 saturated carbocycles. The van der Waals surface area contributed by atoms with E-state index in [4.69, 9.17) is 9.47 Å². The SMILES string of the molecule is CCC(C)CCCCC(=O)OCc1ccc(O)c(OC)c1. The Labute approximate surface area is 127 Å². The molecule has 0 radical (unpaired) electrons. The predicted molar refractivity (Wildman–Crippen MR) is 82.4 cm³/mol. The lowest BCUT2D eigenvalue weighted by atomic mass is 10.0. The number of aromatic hydroxyl groups is 1. The number of phenolic OH excluding ortho intramolecular Hbond substituents is 1. The number of methoxy groups -OCH3 is 1. The fourth-order valence-electron chi connectivity index (χ4n) is 2.01. The molecule has 0 aliphatic heterocycles. The van der Waals surface area contributed by atoms with Crippen LogP contribution in [-0.4, -0.2) is 18.2 Å². The zero-order valence-electron chi connectivity index (χ0n) is 13.2. The summed E-state index contributed by atoms with van der Waals surface area (Å²) in [7, 11) is 1.49. The third-order valence-electron chi connectivity index (χ3n) is 3.67. The van der Waals surface area contributed by atoms with Gasteiger partial charge in [0, 0.05) is 6.42 Å². The number of carbonyl (C=O) groups excluding carboxylic acids is 1. The van der Waals surface area contributed by atoms with Crippen LogP contribution >= 0.6 is 0 Å². The van der Waals surface area contributed by atoms with E-state index in [0.29, 0.717) is 12.2 Å². The van der Waals surface area contributed by atoms with E-state index >= 15 is 0 Å². The van der Waals surface area contributed by atoms with E-state index in [1.165, 1.54) is 26.0 Å². The van der Waals surface area contributed by atoms with Gasteiger partial charge in [-0.05, 0) is 30.0 Å². The van der Waals surface area contributed by atoms with Gasteiger partial charge in [0.1, 0.15) is 6.61 Å². The first-order valence-corrected chi connectivity index (χ1v) is 7.58. The average molecular weight is 294 g/mol. The van der Waals surface area contributed by atoms with Gasteiger partial charge in [0.15, 0.2) is 11.5 Å². The lowest BCUT2D eigenvalue weighted by Gasteiger charge is -2.09. The molecule has 0 aliphatic carbocycles. The number of rotatable bonds is 9. The van der Waals surface area contributed by atoms with Crippen LogP contribution in [0, 0.1) is 5.92 Å². The zero-order chi connectivity index (χ0) is 15.7. The van der Waals surface area contributed by atoms with Gasteiger partial charge in [-0.3, -0.25) is 4.79 Å². The van der Waals surface area contributed by atoms with Crippen LogP contribution in [-0.2, 0) is 16.1 Å². The Balaban J connectivity index is 2.27. The minimum Gasteiger partial charge on any atom is -0.504 e. The zero-order valence-corrected chi connectivity index (χ0v) is 13.2. The van der Waals surface area contributed by atoms with Crippen LogP contribution < -0.4 is 4.74 Å². The van der Waals surface area contributed by atoms with Crippen LogP contribution in [0.25, 0.3) is 0 Å². The van der Waals surface area contributed by atoms with Crippen molar-refractivity contribution in [2.45, 2.75) is 52.6 Å². The summed E-state index contributed by atoms with van der Waals surface area (Å²) < 4.78 is 10.2. The molecule has 0 fully saturated rings. The molecule has 0 aromatic heterocycles. The average Bonchev–Trinajstić information content (AvgIpc) is 2.50. The molecular formula is C17H26O4. The molecule has 4 nitrogen and oxygen atoms in total. The summed E-state index contributed by atoms with van der Waals surface area (Å²) in [6.07, 6.45) is 4.76.